The molecular formula is C14H17FN2. The third-order valence-corrected chi connectivity index (χ3v) is 2.69. The van der Waals surface area contributed by atoms with Gasteiger partial charge < -0.3 is 5.73 Å². The lowest BCUT2D eigenvalue weighted by molar-refractivity contribution is 0.510. The Labute approximate surface area is 101 Å². The first-order chi connectivity index (χ1) is 7.87. The van der Waals surface area contributed by atoms with Gasteiger partial charge in [-0.3, -0.25) is 0 Å². The van der Waals surface area contributed by atoms with E-state index in [1.54, 1.807) is 6.07 Å². The van der Waals surface area contributed by atoms with Crippen molar-refractivity contribution in [1.82, 2.24) is 4.98 Å². The lowest BCUT2D eigenvalue weighted by atomic mass is 9.98. The minimum atomic E-state index is -0.335. The van der Waals surface area contributed by atoms with Crippen molar-refractivity contribution >= 4 is 10.9 Å². The van der Waals surface area contributed by atoms with Gasteiger partial charge in [0.2, 0.25) is 0 Å². The van der Waals surface area contributed by atoms with Gasteiger partial charge in [0.05, 0.1) is 0 Å². The van der Waals surface area contributed by atoms with Crippen molar-refractivity contribution in [2.75, 3.05) is 0 Å². The van der Waals surface area contributed by atoms with Crippen LogP contribution in [0, 0.1) is 12.7 Å². The summed E-state index contributed by atoms with van der Waals surface area (Å²) in [5.74, 6) is -0.276. The Hall–Kier alpha value is -1.48. The Morgan fingerprint density at radius 2 is 2.06 bits per heavy atom. The second kappa shape index (κ2) is 4.08. The lowest BCUT2D eigenvalue weighted by Gasteiger charge is -2.18. The summed E-state index contributed by atoms with van der Waals surface area (Å²) in [7, 11) is 0. The Kier molecular flexibility index (Phi) is 2.87. The first-order valence-electron chi connectivity index (χ1n) is 5.70. The summed E-state index contributed by atoms with van der Waals surface area (Å²) in [5, 5.41) is 0.864. The molecule has 2 rings (SSSR count). The molecule has 0 fully saturated rings. The van der Waals surface area contributed by atoms with Crippen LogP contribution in [0.25, 0.3) is 10.9 Å². The van der Waals surface area contributed by atoms with Crippen molar-refractivity contribution in [2.24, 2.45) is 5.73 Å². The maximum Gasteiger partial charge on any atom is 0.149 e. The zero-order chi connectivity index (χ0) is 12.6. The molecule has 0 saturated carbocycles. The van der Waals surface area contributed by atoms with Gasteiger partial charge in [-0.15, -0.1) is 0 Å². The number of benzene rings is 1. The molecule has 0 unspecified atom stereocenters. The van der Waals surface area contributed by atoms with E-state index < -0.39 is 0 Å². The topological polar surface area (TPSA) is 38.9 Å². The summed E-state index contributed by atoms with van der Waals surface area (Å²) in [5.41, 5.74) is 7.94. The molecule has 0 atom stereocenters. The Morgan fingerprint density at radius 3 is 2.71 bits per heavy atom. The van der Waals surface area contributed by atoms with E-state index in [2.05, 4.69) is 4.98 Å². The van der Waals surface area contributed by atoms with Gasteiger partial charge in [-0.25, -0.2) is 9.37 Å². The highest BCUT2D eigenvalue weighted by Crippen LogP contribution is 2.21. The highest BCUT2D eigenvalue weighted by molar-refractivity contribution is 5.82. The van der Waals surface area contributed by atoms with Crippen molar-refractivity contribution < 1.29 is 4.39 Å². The van der Waals surface area contributed by atoms with E-state index in [1.807, 2.05) is 32.9 Å². The molecule has 1 aromatic carbocycles. The first kappa shape index (κ1) is 12.0. The predicted molar refractivity (Wildman–Crippen MR) is 68.4 cm³/mol. The van der Waals surface area contributed by atoms with E-state index >= 15 is 0 Å². The van der Waals surface area contributed by atoms with Crippen LogP contribution in [-0.2, 0) is 6.42 Å². The summed E-state index contributed by atoms with van der Waals surface area (Å²) >= 11 is 0. The highest BCUT2D eigenvalue weighted by atomic mass is 19.1. The maximum atomic E-state index is 13.7. The van der Waals surface area contributed by atoms with Crippen LogP contribution in [0.5, 0.6) is 0 Å². The summed E-state index contributed by atoms with van der Waals surface area (Å²) < 4.78 is 13.7. The SMILES string of the molecule is Cc1cc(CC(C)(C)N)nc2c(F)cccc12. The molecule has 0 spiro atoms. The number of nitrogens with two attached hydrogens (primary N) is 1. The maximum absolute atomic E-state index is 13.7. The van der Waals surface area contributed by atoms with E-state index in [-0.39, 0.29) is 11.4 Å². The molecule has 0 aliphatic heterocycles. The Bertz CT molecular complexity index is 556. The van der Waals surface area contributed by atoms with Gasteiger partial charge >= 0.3 is 0 Å². The van der Waals surface area contributed by atoms with Crippen LogP contribution < -0.4 is 5.73 Å². The Balaban J connectivity index is 2.58. The molecule has 1 heterocycles. The van der Waals surface area contributed by atoms with Crippen LogP contribution in [0.2, 0.25) is 0 Å². The van der Waals surface area contributed by atoms with Crippen LogP contribution >= 0.6 is 0 Å². The number of halogens is 1. The largest absolute Gasteiger partial charge is 0.325 e. The summed E-state index contributed by atoms with van der Waals surface area (Å²) in [6, 6.07) is 7.01. The smallest absolute Gasteiger partial charge is 0.149 e. The standard InChI is InChI=1S/C14H17FN2/c1-9-7-10(8-14(2,3)16)17-13-11(9)5-4-6-12(13)15/h4-7H,8,16H2,1-3H3. The average Bonchev–Trinajstić information content (AvgIpc) is 2.17. The minimum Gasteiger partial charge on any atom is -0.325 e. The third-order valence-electron chi connectivity index (χ3n) is 2.69. The normalized spacial score (nSPS) is 12.1. The molecule has 2 aromatic rings. The number of aryl methyl sites for hydroxylation is 1. The third kappa shape index (κ3) is 2.61. The number of hydrogen-bond acceptors (Lipinski definition) is 2. The quantitative estimate of drug-likeness (QED) is 0.864. The van der Waals surface area contributed by atoms with Crippen LogP contribution in [0.3, 0.4) is 0 Å². The molecule has 17 heavy (non-hydrogen) atoms. The monoisotopic (exact) mass is 232 g/mol. The molecule has 0 radical (unpaired) electrons. The van der Waals surface area contributed by atoms with Gasteiger partial charge in [0, 0.05) is 23.0 Å². The van der Waals surface area contributed by atoms with Gasteiger partial charge in [-0.1, -0.05) is 12.1 Å². The van der Waals surface area contributed by atoms with Crippen molar-refractivity contribution in [3.05, 3.63) is 41.3 Å². The number of rotatable bonds is 2. The van der Waals surface area contributed by atoms with Crippen LogP contribution in [0.1, 0.15) is 25.1 Å². The zero-order valence-corrected chi connectivity index (χ0v) is 10.4. The summed E-state index contributed by atoms with van der Waals surface area (Å²) in [6.07, 6.45) is 0.637. The Morgan fingerprint density at radius 1 is 1.35 bits per heavy atom. The number of fused-ring (bicyclic) bond motifs is 1. The molecule has 0 amide bonds. The van der Waals surface area contributed by atoms with Gasteiger partial charge in [0.15, 0.2) is 0 Å². The second-order valence-corrected chi connectivity index (χ2v) is 5.23. The fourth-order valence-corrected chi connectivity index (χ4v) is 2.01. The van der Waals surface area contributed by atoms with Crippen molar-refractivity contribution in [3.8, 4) is 0 Å². The number of hydrogen-bond donors (Lipinski definition) is 1. The minimum absolute atomic E-state index is 0.276. The number of para-hydroxylation sites is 1. The van der Waals surface area contributed by atoms with Crippen LogP contribution in [0.15, 0.2) is 24.3 Å². The molecule has 0 aliphatic rings. The van der Waals surface area contributed by atoms with Gasteiger partial charge in [0.25, 0.3) is 0 Å². The fraction of sp³-hybridized carbons (Fsp3) is 0.357. The lowest BCUT2D eigenvalue weighted by Crippen LogP contribution is -2.34. The fourth-order valence-electron chi connectivity index (χ4n) is 2.01. The molecule has 90 valence electrons. The zero-order valence-electron chi connectivity index (χ0n) is 10.4. The van der Waals surface area contributed by atoms with Crippen LogP contribution in [0.4, 0.5) is 4.39 Å². The summed E-state index contributed by atoms with van der Waals surface area (Å²) in [6.45, 7) is 5.85. The molecule has 2 nitrogen and oxygen atoms in total. The van der Waals surface area contributed by atoms with Crippen molar-refractivity contribution in [2.45, 2.75) is 32.7 Å². The molecule has 2 N–H and O–H groups in total. The van der Waals surface area contributed by atoms with E-state index in [9.17, 15) is 4.39 Å². The van der Waals surface area contributed by atoms with Crippen LogP contribution in [-0.4, -0.2) is 10.5 Å². The molecule has 0 aliphatic carbocycles. The summed E-state index contributed by atoms with van der Waals surface area (Å²) in [4.78, 5) is 4.37. The molecule has 0 bridgehead atoms. The van der Waals surface area contributed by atoms with E-state index in [0.29, 0.717) is 11.9 Å². The van der Waals surface area contributed by atoms with E-state index in [1.165, 1.54) is 6.07 Å². The van der Waals surface area contributed by atoms with Crippen molar-refractivity contribution in [3.63, 3.8) is 0 Å². The molecular weight excluding hydrogens is 215 g/mol. The number of aromatic nitrogens is 1. The molecule has 3 heteroatoms. The number of nitrogens with zero attached hydrogens (tertiary/aromatic N) is 1. The average molecular weight is 232 g/mol. The molecule has 0 saturated heterocycles. The van der Waals surface area contributed by atoms with E-state index in [4.69, 9.17) is 5.73 Å². The predicted octanol–water partition coefficient (Wildman–Crippen LogP) is 2.96. The second-order valence-electron chi connectivity index (χ2n) is 5.23. The highest BCUT2D eigenvalue weighted by Gasteiger charge is 2.14. The van der Waals surface area contributed by atoms with Gasteiger partial charge in [0.1, 0.15) is 11.3 Å². The van der Waals surface area contributed by atoms with Gasteiger partial charge in [-0.2, -0.15) is 0 Å². The first-order valence-corrected chi connectivity index (χ1v) is 5.70. The molecule has 1 aromatic heterocycles. The van der Waals surface area contributed by atoms with Crippen molar-refractivity contribution in [1.29, 1.82) is 0 Å². The van der Waals surface area contributed by atoms with E-state index in [0.717, 1.165) is 16.6 Å². The van der Waals surface area contributed by atoms with Gasteiger partial charge in [-0.05, 0) is 38.5 Å². The number of pyridine rings is 1.